The number of hydrogen-bond donors (Lipinski definition) is 0. The minimum absolute atomic E-state index is 0.338. The topological polar surface area (TPSA) is 55.7 Å². The minimum Gasteiger partial charge on any atom is -0.496 e. The smallest absolute Gasteiger partial charge is 0.150 e. The molecule has 0 radical (unpaired) electrons. The van der Waals surface area contributed by atoms with E-state index in [0.717, 1.165) is 17.4 Å². The Morgan fingerprint density at radius 3 is 2.39 bits per heavy atom. The van der Waals surface area contributed by atoms with Crippen molar-refractivity contribution in [3.05, 3.63) is 52.9 Å². The molecule has 0 bridgehead atoms. The van der Waals surface area contributed by atoms with Crippen LogP contribution in [0.15, 0.2) is 47.6 Å². The summed E-state index contributed by atoms with van der Waals surface area (Å²) in [5.74, 6) is 0.654. The van der Waals surface area contributed by atoms with Crippen LogP contribution in [-0.2, 0) is 0 Å². The fraction of sp³-hybridized carbons (Fsp3) is 0.0714. The largest absolute Gasteiger partial charge is 0.496 e. The van der Waals surface area contributed by atoms with Gasteiger partial charge < -0.3 is 4.74 Å². The van der Waals surface area contributed by atoms with E-state index < -0.39 is 0 Å². The monoisotopic (exact) mass is 241 g/mol. The molecule has 0 unspecified atom stereocenters. The first-order valence-electron chi connectivity index (χ1n) is 5.35. The van der Waals surface area contributed by atoms with Crippen LogP contribution in [-0.4, -0.2) is 13.4 Å². The van der Waals surface area contributed by atoms with Gasteiger partial charge in [0.05, 0.1) is 7.11 Å². The number of aldehydes is 1. The van der Waals surface area contributed by atoms with Crippen molar-refractivity contribution in [1.82, 2.24) is 0 Å². The predicted octanol–water partition coefficient (Wildman–Crippen LogP) is 3.57. The van der Waals surface area contributed by atoms with Gasteiger partial charge in [-0.2, -0.15) is 0 Å². The summed E-state index contributed by atoms with van der Waals surface area (Å²) in [5.41, 5.74) is 2.57. The van der Waals surface area contributed by atoms with E-state index in [9.17, 15) is 9.70 Å². The van der Waals surface area contributed by atoms with Gasteiger partial charge in [0, 0.05) is 11.1 Å². The number of rotatable bonds is 4. The fourth-order valence-electron chi connectivity index (χ4n) is 1.72. The molecule has 0 heterocycles. The summed E-state index contributed by atoms with van der Waals surface area (Å²) in [4.78, 5) is 21.1. The van der Waals surface area contributed by atoms with Crippen molar-refractivity contribution >= 4 is 12.0 Å². The molecule has 0 aliphatic heterocycles. The molecule has 18 heavy (non-hydrogen) atoms. The Morgan fingerprint density at radius 1 is 1.11 bits per heavy atom. The van der Waals surface area contributed by atoms with E-state index in [1.807, 2.05) is 0 Å². The second-order valence-electron chi connectivity index (χ2n) is 3.72. The number of ether oxygens (including phenoxy) is 1. The lowest BCUT2D eigenvalue weighted by Crippen LogP contribution is -1.88. The maximum Gasteiger partial charge on any atom is 0.150 e. The van der Waals surface area contributed by atoms with Gasteiger partial charge in [-0.05, 0) is 28.9 Å². The highest BCUT2D eigenvalue weighted by Crippen LogP contribution is 2.33. The van der Waals surface area contributed by atoms with Crippen molar-refractivity contribution in [1.29, 1.82) is 0 Å². The van der Waals surface area contributed by atoms with Crippen LogP contribution >= 0.6 is 0 Å². The third-order valence-electron chi connectivity index (χ3n) is 2.65. The van der Waals surface area contributed by atoms with Crippen LogP contribution in [0.3, 0.4) is 0 Å². The summed E-state index contributed by atoms with van der Waals surface area (Å²) in [5, 5.41) is 2.90. The quantitative estimate of drug-likeness (QED) is 0.607. The summed E-state index contributed by atoms with van der Waals surface area (Å²) in [7, 11) is 1.56. The van der Waals surface area contributed by atoms with E-state index in [4.69, 9.17) is 4.74 Å². The first kappa shape index (κ1) is 12.0. The van der Waals surface area contributed by atoms with Crippen molar-refractivity contribution in [3.8, 4) is 16.9 Å². The van der Waals surface area contributed by atoms with Gasteiger partial charge in [0.15, 0.2) is 0 Å². The first-order chi connectivity index (χ1) is 8.78. The SMILES string of the molecule is COc1ccc(N=O)cc1-c1ccc(C=O)cc1. The summed E-state index contributed by atoms with van der Waals surface area (Å²) >= 11 is 0. The lowest BCUT2D eigenvalue weighted by molar-refractivity contribution is 0.112. The molecule has 0 saturated heterocycles. The second kappa shape index (κ2) is 5.23. The van der Waals surface area contributed by atoms with Gasteiger partial charge in [0.2, 0.25) is 0 Å². The van der Waals surface area contributed by atoms with Crippen LogP contribution < -0.4 is 4.74 Å². The Kier molecular flexibility index (Phi) is 3.48. The Hall–Kier alpha value is -2.49. The highest BCUT2D eigenvalue weighted by Gasteiger charge is 2.07. The number of carbonyl (C=O) groups is 1. The van der Waals surface area contributed by atoms with Crippen LogP contribution in [0, 0.1) is 4.91 Å². The molecule has 0 spiro atoms. The lowest BCUT2D eigenvalue weighted by atomic mass is 10.0. The molecule has 90 valence electrons. The number of carbonyl (C=O) groups excluding carboxylic acids is 1. The molecule has 0 aromatic heterocycles. The molecule has 0 atom stereocenters. The Bertz CT molecular complexity index is 576. The molecule has 0 N–H and O–H groups in total. The normalized spacial score (nSPS) is 9.83. The number of benzene rings is 2. The molecule has 2 rings (SSSR count). The van der Waals surface area contributed by atoms with Crippen molar-refractivity contribution in [2.24, 2.45) is 5.18 Å². The highest BCUT2D eigenvalue weighted by atomic mass is 16.5. The highest BCUT2D eigenvalue weighted by molar-refractivity contribution is 5.79. The summed E-state index contributed by atoms with van der Waals surface area (Å²) < 4.78 is 5.24. The maximum atomic E-state index is 10.6. The molecule has 0 aliphatic rings. The van der Waals surface area contributed by atoms with Gasteiger partial charge in [0.25, 0.3) is 0 Å². The van der Waals surface area contributed by atoms with Gasteiger partial charge in [-0.3, -0.25) is 4.79 Å². The van der Waals surface area contributed by atoms with E-state index >= 15 is 0 Å². The van der Waals surface area contributed by atoms with E-state index in [1.54, 1.807) is 49.6 Å². The number of nitrogens with zero attached hydrogens (tertiary/aromatic N) is 1. The molecule has 4 nitrogen and oxygen atoms in total. The zero-order chi connectivity index (χ0) is 13.0. The van der Waals surface area contributed by atoms with Crippen LogP contribution in [0.4, 0.5) is 5.69 Å². The number of hydrogen-bond acceptors (Lipinski definition) is 4. The molecular weight excluding hydrogens is 230 g/mol. The summed E-state index contributed by atoms with van der Waals surface area (Å²) in [6.07, 6.45) is 0.782. The molecule has 4 heteroatoms. The Labute approximate surface area is 104 Å². The van der Waals surface area contributed by atoms with Crippen molar-refractivity contribution < 1.29 is 9.53 Å². The van der Waals surface area contributed by atoms with Crippen LogP contribution in [0.2, 0.25) is 0 Å². The van der Waals surface area contributed by atoms with E-state index in [1.165, 1.54) is 0 Å². The van der Waals surface area contributed by atoms with Crippen molar-refractivity contribution in [2.75, 3.05) is 7.11 Å². The van der Waals surface area contributed by atoms with Crippen molar-refractivity contribution in [3.63, 3.8) is 0 Å². The molecule has 0 amide bonds. The fourth-order valence-corrected chi connectivity index (χ4v) is 1.72. The molecule has 0 aliphatic carbocycles. The van der Waals surface area contributed by atoms with Gasteiger partial charge in [0.1, 0.15) is 17.7 Å². The predicted molar refractivity (Wildman–Crippen MR) is 69.3 cm³/mol. The lowest BCUT2D eigenvalue weighted by Gasteiger charge is -2.08. The van der Waals surface area contributed by atoms with Crippen LogP contribution in [0.25, 0.3) is 11.1 Å². The average Bonchev–Trinajstić information content (AvgIpc) is 2.46. The van der Waals surface area contributed by atoms with Crippen LogP contribution in [0.5, 0.6) is 5.75 Å². The first-order valence-corrected chi connectivity index (χ1v) is 5.35. The van der Waals surface area contributed by atoms with Crippen molar-refractivity contribution in [2.45, 2.75) is 0 Å². The standard InChI is InChI=1S/C14H11NO3/c1-18-14-7-6-12(15-17)8-13(14)11-4-2-10(9-16)3-5-11/h2-9H,1H3. The van der Waals surface area contributed by atoms with E-state index in [-0.39, 0.29) is 0 Å². The number of methoxy groups -OCH3 is 1. The Balaban J connectivity index is 2.52. The molecular formula is C14H11NO3. The van der Waals surface area contributed by atoms with Gasteiger partial charge in [-0.1, -0.05) is 24.3 Å². The third-order valence-corrected chi connectivity index (χ3v) is 2.65. The third kappa shape index (κ3) is 2.27. The maximum absolute atomic E-state index is 10.6. The zero-order valence-electron chi connectivity index (χ0n) is 9.79. The molecule has 2 aromatic carbocycles. The van der Waals surface area contributed by atoms with Crippen LogP contribution in [0.1, 0.15) is 10.4 Å². The molecule has 2 aromatic rings. The molecule has 0 saturated carbocycles. The van der Waals surface area contributed by atoms with E-state index in [0.29, 0.717) is 17.0 Å². The minimum atomic E-state index is 0.338. The van der Waals surface area contributed by atoms with Gasteiger partial charge >= 0.3 is 0 Å². The van der Waals surface area contributed by atoms with Gasteiger partial charge in [-0.25, -0.2) is 0 Å². The Morgan fingerprint density at radius 2 is 1.83 bits per heavy atom. The van der Waals surface area contributed by atoms with Gasteiger partial charge in [-0.15, -0.1) is 4.91 Å². The summed E-state index contributed by atoms with van der Waals surface area (Å²) in [6.45, 7) is 0. The summed E-state index contributed by atoms with van der Waals surface area (Å²) in [6, 6.07) is 12.0. The number of nitroso groups, excluding NO2 is 1. The van der Waals surface area contributed by atoms with E-state index in [2.05, 4.69) is 5.18 Å². The zero-order valence-corrected chi connectivity index (χ0v) is 9.79. The average molecular weight is 241 g/mol. The second-order valence-corrected chi connectivity index (χ2v) is 3.72. The molecule has 0 fully saturated rings.